The predicted octanol–water partition coefficient (Wildman–Crippen LogP) is 6.47. The zero-order valence-corrected chi connectivity index (χ0v) is 23.2. The Balaban J connectivity index is 1.39. The number of aryl methyl sites for hydroxylation is 1. The van der Waals surface area contributed by atoms with Crippen LogP contribution in [0.2, 0.25) is 5.02 Å². The van der Waals surface area contributed by atoms with Gasteiger partial charge in [0.2, 0.25) is 0 Å². The van der Waals surface area contributed by atoms with Crippen molar-refractivity contribution in [3.05, 3.63) is 79.6 Å². The standard InChI is InChI=1S/C29H28BrClN2O4/c1-16-9-11-18(14-20(16)31)32-26(36)15-37-25-12-10-17(13-19(25)30)27-28-21(5-3-7-23(28)34)33(2)22-6-4-8-24(35)29(22)27/h9-14,27H,3-8,15H2,1-2H3,(H,32,36). The summed E-state index contributed by atoms with van der Waals surface area (Å²) in [7, 11) is 1.99. The van der Waals surface area contributed by atoms with E-state index in [-0.39, 0.29) is 30.0 Å². The number of ketones is 2. The zero-order valence-electron chi connectivity index (χ0n) is 20.8. The van der Waals surface area contributed by atoms with Crippen LogP contribution in [0.3, 0.4) is 0 Å². The van der Waals surface area contributed by atoms with Gasteiger partial charge < -0.3 is 15.0 Å². The van der Waals surface area contributed by atoms with E-state index < -0.39 is 0 Å². The Hall–Kier alpha value is -2.90. The smallest absolute Gasteiger partial charge is 0.262 e. The minimum Gasteiger partial charge on any atom is -0.483 e. The molecule has 0 radical (unpaired) electrons. The Morgan fingerprint density at radius 1 is 1.03 bits per heavy atom. The summed E-state index contributed by atoms with van der Waals surface area (Å²) in [6, 6.07) is 10.9. The second kappa shape index (κ2) is 10.5. The Kier molecular flexibility index (Phi) is 7.28. The zero-order chi connectivity index (χ0) is 26.3. The average molecular weight is 584 g/mol. The minimum atomic E-state index is -0.373. The molecule has 0 spiro atoms. The van der Waals surface area contributed by atoms with E-state index in [1.165, 1.54) is 0 Å². The Labute approximate surface area is 229 Å². The summed E-state index contributed by atoms with van der Waals surface area (Å²) < 4.78 is 6.44. The number of Topliss-reactive ketones (excluding diaryl/α,β-unsaturated/α-hetero) is 2. The van der Waals surface area contributed by atoms with Crippen LogP contribution in [0, 0.1) is 6.92 Å². The van der Waals surface area contributed by atoms with Gasteiger partial charge in [-0.15, -0.1) is 0 Å². The molecule has 1 N–H and O–H groups in total. The molecule has 1 aliphatic heterocycles. The van der Waals surface area contributed by atoms with Crippen LogP contribution >= 0.6 is 27.5 Å². The van der Waals surface area contributed by atoms with Crippen molar-refractivity contribution in [2.45, 2.75) is 51.4 Å². The summed E-state index contributed by atoms with van der Waals surface area (Å²) in [5, 5.41) is 3.36. The van der Waals surface area contributed by atoms with E-state index in [1.54, 1.807) is 18.2 Å². The molecule has 2 aliphatic carbocycles. The summed E-state index contributed by atoms with van der Waals surface area (Å²) in [4.78, 5) is 40.8. The lowest BCUT2D eigenvalue weighted by molar-refractivity contribution is -0.118. The van der Waals surface area contributed by atoms with Gasteiger partial charge in [0, 0.05) is 59.1 Å². The Bertz CT molecular complexity index is 1340. The molecule has 0 atom stereocenters. The Morgan fingerprint density at radius 2 is 1.68 bits per heavy atom. The van der Waals surface area contributed by atoms with Gasteiger partial charge >= 0.3 is 0 Å². The third-order valence-corrected chi connectivity index (χ3v) is 8.38. The molecule has 3 aliphatic rings. The molecule has 0 bridgehead atoms. The van der Waals surface area contributed by atoms with E-state index >= 15 is 0 Å². The summed E-state index contributed by atoms with van der Waals surface area (Å²) in [6.45, 7) is 1.71. The number of benzene rings is 2. The molecule has 0 aromatic heterocycles. The van der Waals surface area contributed by atoms with Crippen LogP contribution in [0.4, 0.5) is 5.69 Å². The average Bonchev–Trinajstić information content (AvgIpc) is 2.87. The van der Waals surface area contributed by atoms with E-state index in [4.69, 9.17) is 16.3 Å². The topological polar surface area (TPSA) is 75.7 Å². The maximum absolute atomic E-state index is 13.2. The van der Waals surface area contributed by atoms with Crippen molar-refractivity contribution in [2.75, 3.05) is 19.0 Å². The van der Waals surface area contributed by atoms with Crippen LogP contribution in [0.1, 0.15) is 55.6 Å². The second-order valence-electron chi connectivity index (χ2n) is 9.76. The minimum absolute atomic E-state index is 0.118. The predicted molar refractivity (Wildman–Crippen MR) is 147 cm³/mol. The molecule has 37 heavy (non-hydrogen) atoms. The number of carbonyl (C=O) groups is 3. The first kappa shape index (κ1) is 25.7. The summed E-state index contributed by atoms with van der Waals surface area (Å²) >= 11 is 9.72. The van der Waals surface area contributed by atoms with E-state index in [1.807, 2.05) is 32.2 Å². The lowest BCUT2D eigenvalue weighted by Crippen LogP contribution is -2.37. The molecule has 192 valence electrons. The number of carbonyl (C=O) groups excluding carboxylic acids is 3. The molecule has 0 saturated carbocycles. The lowest BCUT2D eigenvalue weighted by Gasteiger charge is -2.42. The monoisotopic (exact) mass is 582 g/mol. The summed E-state index contributed by atoms with van der Waals surface area (Å²) in [5.41, 5.74) is 5.98. The van der Waals surface area contributed by atoms with Crippen LogP contribution < -0.4 is 10.1 Å². The SMILES string of the molecule is Cc1ccc(NC(=O)COc2ccc(C3C4=C(CCCC4=O)N(C)C4=C3C(=O)CCC4)cc2Br)cc1Cl. The summed E-state index contributed by atoms with van der Waals surface area (Å²) in [5.74, 6) is 0.0555. The fourth-order valence-corrected chi connectivity index (χ4v) is 6.20. The van der Waals surface area contributed by atoms with Gasteiger partial charge in [0.05, 0.1) is 4.47 Å². The number of hydrogen-bond acceptors (Lipinski definition) is 5. The molecular formula is C29H28BrClN2O4. The third kappa shape index (κ3) is 4.99. The van der Waals surface area contributed by atoms with Crippen molar-refractivity contribution in [1.29, 1.82) is 0 Å². The number of hydrogen-bond donors (Lipinski definition) is 1. The first-order valence-corrected chi connectivity index (χ1v) is 13.7. The van der Waals surface area contributed by atoms with E-state index in [0.717, 1.165) is 59.4 Å². The largest absolute Gasteiger partial charge is 0.483 e. The molecule has 2 aromatic rings. The van der Waals surface area contributed by atoms with Gasteiger partial charge in [-0.25, -0.2) is 0 Å². The van der Waals surface area contributed by atoms with Crippen LogP contribution in [-0.4, -0.2) is 36.0 Å². The Morgan fingerprint density at radius 3 is 2.27 bits per heavy atom. The lowest BCUT2D eigenvalue weighted by atomic mass is 9.71. The van der Waals surface area contributed by atoms with Crippen molar-refractivity contribution in [1.82, 2.24) is 4.90 Å². The maximum Gasteiger partial charge on any atom is 0.262 e. The highest BCUT2D eigenvalue weighted by Gasteiger charge is 2.42. The van der Waals surface area contributed by atoms with Crippen molar-refractivity contribution in [3.63, 3.8) is 0 Å². The van der Waals surface area contributed by atoms with Gasteiger partial charge in [-0.2, -0.15) is 0 Å². The fraction of sp³-hybridized carbons (Fsp3) is 0.345. The maximum atomic E-state index is 13.2. The molecule has 8 heteroatoms. The number of halogens is 2. The van der Waals surface area contributed by atoms with Gasteiger partial charge in [0.1, 0.15) is 5.75 Å². The van der Waals surface area contributed by atoms with Crippen LogP contribution in [-0.2, 0) is 14.4 Å². The number of rotatable bonds is 5. The number of anilines is 1. The number of ether oxygens (including phenoxy) is 1. The normalized spacial score (nSPS) is 18.1. The molecule has 0 fully saturated rings. The van der Waals surface area contributed by atoms with E-state index in [0.29, 0.717) is 33.8 Å². The highest BCUT2D eigenvalue weighted by molar-refractivity contribution is 9.10. The third-order valence-electron chi connectivity index (χ3n) is 7.35. The quantitative estimate of drug-likeness (QED) is 0.437. The van der Waals surface area contributed by atoms with Gasteiger partial charge in [0.15, 0.2) is 18.2 Å². The molecule has 5 rings (SSSR count). The fourth-order valence-electron chi connectivity index (χ4n) is 5.51. The molecule has 0 unspecified atom stereocenters. The highest BCUT2D eigenvalue weighted by Crippen LogP contribution is 2.49. The first-order chi connectivity index (χ1) is 17.7. The first-order valence-electron chi connectivity index (χ1n) is 12.5. The van der Waals surface area contributed by atoms with Gasteiger partial charge in [0.25, 0.3) is 5.91 Å². The number of allylic oxidation sites excluding steroid dienone is 4. The van der Waals surface area contributed by atoms with E-state index in [9.17, 15) is 14.4 Å². The number of nitrogens with one attached hydrogen (secondary N) is 1. The number of amides is 1. The van der Waals surface area contributed by atoms with Crippen molar-refractivity contribution < 1.29 is 19.1 Å². The van der Waals surface area contributed by atoms with Crippen LogP contribution in [0.15, 0.2) is 63.4 Å². The van der Waals surface area contributed by atoms with Crippen LogP contribution in [0.5, 0.6) is 5.75 Å². The van der Waals surface area contributed by atoms with E-state index in [2.05, 4.69) is 26.1 Å². The molecule has 6 nitrogen and oxygen atoms in total. The second-order valence-corrected chi connectivity index (χ2v) is 11.0. The highest BCUT2D eigenvalue weighted by atomic mass is 79.9. The van der Waals surface area contributed by atoms with Gasteiger partial charge in [-0.1, -0.05) is 23.7 Å². The van der Waals surface area contributed by atoms with Gasteiger partial charge in [-0.05, 0) is 83.9 Å². The van der Waals surface area contributed by atoms with Crippen molar-refractivity contribution in [3.8, 4) is 5.75 Å². The summed E-state index contributed by atoms with van der Waals surface area (Å²) in [6.07, 6.45) is 4.34. The molecule has 1 heterocycles. The van der Waals surface area contributed by atoms with Crippen molar-refractivity contribution >= 4 is 50.7 Å². The van der Waals surface area contributed by atoms with Gasteiger partial charge in [-0.3, -0.25) is 14.4 Å². The van der Waals surface area contributed by atoms with Crippen LogP contribution in [0.25, 0.3) is 0 Å². The molecule has 2 aromatic carbocycles. The molecular weight excluding hydrogens is 556 g/mol. The molecule has 0 saturated heterocycles. The number of nitrogens with zero attached hydrogens (tertiary/aromatic N) is 1. The van der Waals surface area contributed by atoms with Crippen molar-refractivity contribution in [2.24, 2.45) is 0 Å². The molecule has 1 amide bonds.